The average molecular weight is 499 g/mol. The van der Waals surface area contributed by atoms with E-state index in [0.717, 1.165) is 11.8 Å². The summed E-state index contributed by atoms with van der Waals surface area (Å²) >= 11 is 0. The number of aromatic nitrogens is 2. The van der Waals surface area contributed by atoms with Gasteiger partial charge in [0.1, 0.15) is 17.4 Å². The predicted octanol–water partition coefficient (Wildman–Crippen LogP) is 4.21. The van der Waals surface area contributed by atoms with E-state index in [1.807, 2.05) is 0 Å². The van der Waals surface area contributed by atoms with E-state index in [-0.39, 0.29) is 30.2 Å². The van der Waals surface area contributed by atoms with Crippen LogP contribution in [-0.2, 0) is 22.9 Å². The summed E-state index contributed by atoms with van der Waals surface area (Å²) in [4.78, 5) is 22.9. The lowest BCUT2D eigenvalue weighted by molar-refractivity contribution is 0.102. The van der Waals surface area contributed by atoms with Gasteiger partial charge in [-0.2, -0.15) is 0 Å². The van der Waals surface area contributed by atoms with Crippen LogP contribution in [0.4, 0.5) is 20.2 Å². The minimum Gasteiger partial charge on any atom is -0.467 e. The van der Waals surface area contributed by atoms with Crippen LogP contribution in [0.2, 0.25) is 0 Å². The first-order chi connectivity index (χ1) is 16.7. The molecule has 8 nitrogen and oxygen atoms in total. The number of amides is 1. The minimum atomic E-state index is -3.82. The Balaban J connectivity index is 1.77. The van der Waals surface area contributed by atoms with E-state index in [1.165, 1.54) is 48.9 Å². The van der Waals surface area contributed by atoms with Crippen molar-refractivity contribution in [2.75, 3.05) is 16.5 Å². The molecular weight excluding hydrogens is 478 g/mol. The summed E-state index contributed by atoms with van der Waals surface area (Å²) in [5, 5.41) is 2.08. The van der Waals surface area contributed by atoms with Gasteiger partial charge in [0.25, 0.3) is 5.91 Å². The van der Waals surface area contributed by atoms with Crippen LogP contribution in [-0.4, -0.2) is 30.5 Å². The van der Waals surface area contributed by atoms with Crippen molar-refractivity contribution in [1.82, 2.24) is 9.97 Å². The first kappa shape index (κ1) is 24.0. The smallest absolute Gasteiger partial charge is 0.276 e. The molecule has 2 aromatic heterocycles. The van der Waals surface area contributed by atoms with E-state index in [4.69, 9.17) is 4.42 Å². The molecule has 0 saturated carbocycles. The predicted molar refractivity (Wildman–Crippen MR) is 124 cm³/mol. The van der Waals surface area contributed by atoms with Crippen LogP contribution in [0, 0.1) is 11.6 Å². The van der Waals surface area contributed by atoms with Gasteiger partial charge in [0.2, 0.25) is 15.0 Å². The Kier molecular flexibility index (Phi) is 6.87. The molecule has 0 aliphatic carbocycles. The van der Waals surface area contributed by atoms with Crippen molar-refractivity contribution in [3.63, 3.8) is 0 Å². The van der Waals surface area contributed by atoms with Crippen LogP contribution in [0.1, 0.15) is 21.8 Å². The van der Waals surface area contributed by atoms with Gasteiger partial charge in [-0.15, -0.1) is 0 Å². The van der Waals surface area contributed by atoms with Gasteiger partial charge in [0.05, 0.1) is 24.7 Å². The standard InChI is InChI=1S/C24H20F2N4O4S/c1-35(32,33)24-27-13-21(22(29-24)23(31)28-19-10-8-18(26)9-11-19)30(15-20-3-2-12-34-20)14-16-4-6-17(25)7-5-16/h2-13H,14-15H2,1H3,(H,28,31). The topological polar surface area (TPSA) is 105 Å². The van der Waals surface area contributed by atoms with E-state index >= 15 is 0 Å². The number of furan rings is 1. The highest BCUT2D eigenvalue weighted by atomic mass is 32.2. The number of carbonyl (C=O) groups excluding carboxylic acids is 1. The third-order valence-corrected chi connectivity index (χ3v) is 5.81. The summed E-state index contributed by atoms with van der Waals surface area (Å²) in [6.45, 7) is 0.391. The lowest BCUT2D eigenvalue weighted by atomic mass is 10.1. The molecule has 0 radical (unpaired) electrons. The number of hydrogen-bond acceptors (Lipinski definition) is 7. The lowest BCUT2D eigenvalue weighted by Gasteiger charge is -2.25. The second-order valence-corrected chi connectivity index (χ2v) is 9.59. The summed E-state index contributed by atoms with van der Waals surface area (Å²) < 4.78 is 56.4. The maximum atomic E-state index is 13.4. The van der Waals surface area contributed by atoms with Gasteiger partial charge in [-0.3, -0.25) is 4.79 Å². The van der Waals surface area contributed by atoms with Crippen molar-refractivity contribution in [3.05, 3.63) is 102 Å². The van der Waals surface area contributed by atoms with Gasteiger partial charge in [0.15, 0.2) is 5.69 Å². The van der Waals surface area contributed by atoms with E-state index < -0.39 is 32.5 Å². The van der Waals surface area contributed by atoms with Crippen molar-refractivity contribution in [2.24, 2.45) is 0 Å². The van der Waals surface area contributed by atoms with Crippen LogP contribution in [0.15, 0.2) is 82.7 Å². The molecule has 2 heterocycles. The molecule has 2 aromatic carbocycles. The molecule has 0 unspecified atom stereocenters. The van der Waals surface area contributed by atoms with Crippen LogP contribution >= 0.6 is 0 Å². The van der Waals surface area contributed by atoms with Gasteiger partial charge in [0, 0.05) is 18.5 Å². The second kappa shape index (κ2) is 10.0. The van der Waals surface area contributed by atoms with E-state index in [9.17, 15) is 22.0 Å². The fourth-order valence-corrected chi connectivity index (χ4v) is 3.79. The molecule has 4 rings (SSSR count). The maximum Gasteiger partial charge on any atom is 0.276 e. The van der Waals surface area contributed by atoms with Gasteiger partial charge in [-0.1, -0.05) is 12.1 Å². The van der Waals surface area contributed by atoms with Crippen molar-refractivity contribution >= 4 is 27.1 Å². The van der Waals surface area contributed by atoms with Crippen LogP contribution < -0.4 is 10.2 Å². The zero-order chi connectivity index (χ0) is 25.0. The zero-order valence-electron chi connectivity index (χ0n) is 18.5. The molecule has 35 heavy (non-hydrogen) atoms. The molecule has 4 aromatic rings. The highest BCUT2D eigenvalue weighted by Gasteiger charge is 2.24. The first-order valence-electron chi connectivity index (χ1n) is 10.3. The zero-order valence-corrected chi connectivity index (χ0v) is 19.3. The van der Waals surface area contributed by atoms with Crippen molar-refractivity contribution in [3.8, 4) is 0 Å². The van der Waals surface area contributed by atoms with E-state index in [0.29, 0.717) is 5.76 Å². The van der Waals surface area contributed by atoms with Crippen molar-refractivity contribution in [2.45, 2.75) is 18.2 Å². The number of anilines is 2. The Morgan fingerprint density at radius 1 is 1.00 bits per heavy atom. The summed E-state index contributed by atoms with van der Waals surface area (Å²) in [7, 11) is -3.82. The normalized spacial score (nSPS) is 11.3. The highest BCUT2D eigenvalue weighted by molar-refractivity contribution is 7.90. The average Bonchev–Trinajstić information content (AvgIpc) is 3.34. The van der Waals surface area contributed by atoms with E-state index in [1.54, 1.807) is 29.2 Å². The number of hydrogen-bond donors (Lipinski definition) is 1. The Morgan fingerprint density at radius 2 is 1.66 bits per heavy atom. The maximum absolute atomic E-state index is 13.4. The first-order valence-corrected chi connectivity index (χ1v) is 12.2. The van der Waals surface area contributed by atoms with Crippen molar-refractivity contribution in [1.29, 1.82) is 0 Å². The molecule has 0 aliphatic heterocycles. The van der Waals surface area contributed by atoms with Gasteiger partial charge < -0.3 is 14.6 Å². The Morgan fingerprint density at radius 3 is 2.26 bits per heavy atom. The number of carbonyl (C=O) groups is 1. The molecule has 1 amide bonds. The molecule has 0 fully saturated rings. The van der Waals surface area contributed by atoms with Crippen molar-refractivity contribution < 1.29 is 26.4 Å². The molecule has 0 saturated heterocycles. The fraction of sp³-hybridized carbons (Fsp3) is 0.125. The van der Waals surface area contributed by atoms with Gasteiger partial charge in [-0.05, 0) is 54.1 Å². The molecular formula is C24H20F2N4O4S. The minimum absolute atomic E-state index is 0.183. The number of nitrogens with zero attached hydrogens (tertiary/aromatic N) is 3. The van der Waals surface area contributed by atoms with E-state index in [2.05, 4.69) is 15.3 Å². The molecule has 0 spiro atoms. The molecule has 180 valence electrons. The number of nitrogens with one attached hydrogen (secondary N) is 1. The third kappa shape index (κ3) is 6.07. The molecule has 0 atom stereocenters. The van der Waals surface area contributed by atoms with Gasteiger partial charge >= 0.3 is 0 Å². The molecule has 1 N–H and O–H groups in total. The Bertz CT molecular complexity index is 1430. The SMILES string of the molecule is CS(=O)(=O)c1ncc(N(Cc2ccc(F)cc2)Cc2ccco2)c(C(=O)Nc2ccc(F)cc2)n1. The highest BCUT2D eigenvalue weighted by Crippen LogP contribution is 2.25. The van der Waals surface area contributed by atoms with Crippen LogP contribution in [0.5, 0.6) is 0 Å². The largest absolute Gasteiger partial charge is 0.467 e. The Labute approximate surface area is 200 Å². The lowest BCUT2D eigenvalue weighted by Crippen LogP contribution is -2.27. The van der Waals surface area contributed by atoms with Crippen LogP contribution in [0.25, 0.3) is 0 Å². The van der Waals surface area contributed by atoms with Gasteiger partial charge in [-0.25, -0.2) is 27.2 Å². The molecule has 0 bridgehead atoms. The summed E-state index contributed by atoms with van der Waals surface area (Å²) in [6.07, 6.45) is 3.68. The quantitative estimate of drug-likeness (QED) is 0.363. The number of benzene rings is 2. The number of rotatable bonds is 8. The summed E-state index contributed by atoms with van der Waals surface area (Å²) in [6, 6.07) is 14.3. The number of sulfone groups is 1. The second-order valence-electron chi connectivity index (χ2n) is 7.68. The summed E-state index contributed by atoms with van der Waals surface area (Å²) in [5.74, 6) is -1.04. The number of halogens is 2. The molecule has 11 heteroatoms. The fourth-order valence-electron chi connectivity index (χ4n) is 3.29. The third-order valence-electron chi connectivity index (χ3n) is 4.95. The monoisotopic (exact) mass is 498 g/mol. The summed E-state index contributed by atoms with van der Waals surface area (Å²) in [5.41, 5.74) is 1.02. The van der Waals surface area contributed by atoms with Crippen LogP contribution in [0.3, 0.4) is 0 Å². The molecule has 0 aliphatic rings. The Hall–Kier alpha value is -4.12.